The van der Waals surface area contributed by atoms with Gasteiger partial charge in [0.25, 0.3) is 0 Å². The van der Waals surface area contributed by atoms with E-state index in [9.17, 15) is 13.2 Å². The van der Waals surface area contributed by atoms with Gasteiger partial charge in [0.1, 0.15) is 5.75 Å². The molecule has 0 aliphatic carbocycles. The monoisotopic (exact) mass is 316 g/mol. The molecule has 0 saturated heterocycles. The minimum absolute atomic E-state index is 0.238. The first kappa shape index (κ1) is 15.0. The van der Waals surface area contributed by atoms with Crippen molar-refractivity contribution < 1.29 is 17.9 Å². The summed E-state index contributed by atoms with van der Waals surface area (Å²) < 4.78 is 42.7. The molecule has 0 bridgehead atoms. The second-order valence-corrected chi connectivity index (χ2v) is 5.02. The Labute approximate surface area is 130 Å². The van der Waals surface area contributed by atoms with E-state index in [-0.39, 0.29) is 5.75 Å². The van der Waals surface area contributed by atoms with Crippen LogP contribution in [0, 0.1) is 11.3 Å². The van der Waals surface area contributed by atoms with Gasteiger partial charge in [-0.2, -0.15) is 5.26 Å². The third-order valence-electron chi connectivity index (χ3n) is 3.39. The van der Waals surface area contributed by atoms with Crippen molar-refractivity contribution in [1.29, 1.82) is 5.26 Å². The molecular formula is C17H11F3N2O. The van der Waals surface area contributed by atoms with Gasteiger partial charge in [0.05, 0.1) is 11.6 Å². The predicted molar refractivity (Wildman–Crippen MR) is 78.9 cm³/mol. The molecule has 1 heterocycles. The van der Waals surface area contributed by atoms with Gasteiger partial charge >= 0.3 is 6.36 Å². The zero-order valence-electron chi connectivity index (χ0n) is 11.8. The number of benzene rings is 2. The Bertz CT molecular complexity index is 891. The molecule has 6 heteroatoms. The van der Waals surface area contributed by atoms with E-state index < -0.39 is 6.36 Å². The van der Waals surface area contributed by atoms with E-state index in [1.54, 1.807) is 18.2 Å². The first-order chi connectivity index (χ1) is 10.9. The van der Waals surface area contributed by atoms with Crippen LogP contribution < -0.4 is 4.74 Å². The van der Waals surface area contributed by atoms with Crippen molar-refractivity contribution in [3.63, 3.8) is 0 Å². The Hall–Kier alpha value is -2.94. The van der Waals surface area contributed by atoms with Crippen molar-refractivity contribution in [2.75, 3.05) is 0 Å². The Kier molecular flexibility index (Phi) is 3.70. The number of alkyl halides is 3. The Morgan fingerprint density at radius 3 is 2.65 bits per heavy atom. The fraction of sp³-hybridized carbons (Fsp3) is 0.118. The van der Waals surface area contributed by atoms with Gasteiger partial charge in [0, 0.05) is 23.6 Å². The van der Waals surface area contributed by atoms with Gasteiger partial charge in [0.2, 0.25) is 0 Å². The topological polar surface area (TPSA) is 38.0 Å². The molecule has 2 aromatic carbocycles. The van der Waals surface area contributed by atoms with Crippen molar-refractivity contribution in [3.8, 4) is 11.8 Å². The van der Waals surface area contributed by atoms with E-state index >= 15 is 0 Å². The third-order valence-corrected chi connectivity index (χ3v) is 3.39. The van der Waals surface area contributed by atoms with E-state index in [1.165, 1.54) is 18.2 Å². The van der Waals surface area contributed by atoms with E-state index in [0.29, 0.717) is 17.7 Å². The Balaban J connectivity index is 1.88. The van der Waals surface area contributed by atoms with Crippen LogP contribution >= 0.6 is 0 Å². The van der Waals surface area contributed by atoms with Gasteiger partial charge in [-0.1, -0.05) is 12.1 Å². The fourth-order valence-corrected chi connectivity index (χ4v) is 2.45. The average molecular weight is 316 g/mol. The number of hydrogen-bond donors (Lipinski definition) is 0. The summed E-state index contributed by atoms with van der Waals surface area (Å²) in [7, 11) is 0. The van der Waals surface area contributed by atoms with Crippen molar-refractivity contribution in [2.24, 2.45) is 0 Å². The number of halogens is 3. The first-order valence-electron chi connectivity index (χ1n) is 6.78. The molecule has 0 amide bonds. The SMILES string of the molecule is N#Cc1ccc2c(ccn2Cc2cccc(OC(F)(F)F)c2)c1. The molecule has 0 fully saturated rings. The Morgan fingerprint density at radius 2 is 1.91 bits per heavy atom. The van der Waals surface area contributed by atoms with Crippen LogP contribution in [-0.4, -0.2) is 10.9 Å². The summed E-state index contributed by atoms with van der Waals surface area (Å²) in [5, 5.41) is 9.81. The van der Waals surface area contributed by atoms with Gasteiger partial charge in [-0.25, -0.2) is 0 Å². The molecule has 3 rings (SSSR count). The molecule has 0 aliphatic heterocycles. The van der Waals surface area contributed by atoms with Crippen molar-refractivity contribution in [1.82, 2.24) is 4.57 Å². The molecule has 0 unspecified atom stereocenters. The third kappa shape index (κ3) is 3.46. The zero-order chi connectivity index (χ0) is 16.4. The first-order valence-corrected chi connectivity index (χ1v) is 6.78. The molecule has 1 aromatic heterocycles. The average Bonchev–Trinajstić information content (AvgIpc) is 2.88. The summed E-state index contributed by atoms with van der Waals surface area (Å²) in [6.45, 7) is 0.407. The lowest BCUT2D eigenvalue weighted by Gasteiger charge is -2.11. The highest BCUT2D eigenvalue weighted by Gasteiger charge is 2.31. The molecule has 0 saturated carbocycles. The summed E-state index contributed by atoms with van der Waals surface area (Å²) in [6.07, 6.45) is -2.87. The van der Waals surface area contributed by atoms with E-state index in [2.05, 4.69) is 10.8 Å². The normalized spacial score (nSPS) is 11.4. The van der Waals surface area contributed by atoms with Crippen molar-refractivity contribution in [3.05, 3.63) is 65.9 Å². The lowest BCUT2D eigenvalue weighted by atomic mass is 10.1. The maximum atomic E-state index is 12.3. The molecular weight excluding hydrogens is 305 g/mol. The number of fused-ring (bicyclic) bond motifs is 1. The summed E-state index contributed by atoms with van der Waals surface area (Å²) in [5.74, 6) is -0.238. The van der Waals surface area contributed by atoms with E-state index in [1.807, 2.05) is 22.9 Å². The van der Waals surface area contributed by atoms with Crippen LogP contribution in [0.15, 0.2) is 54.7 Å². The Morgan fingerprint density at radius 1 is 1.09 bits per heavy atom. The van der Waals surface area contributed by atoms with Crippen LogP contribution in [0.5, 0.6) is 5.75 Å². The molecule has 0 radical (unpaired) electrons. The summed E-state index contributed by atoms with van der Waals surface area (Å²) in [6, 6.07) is 15.1. The van der Waals surface area contributed by atoms with Gasteiger partial charge in [-0.05, 0) is 42.0 Å². The molecule has 0 atom stereocenters. The molecule has 0 N–H and O–H groups in total. The number of ether oxygens (including phenoxy) is 1. The molecule has 23 heavy (non-hydrogen) atoms. The lowest BCUT2D eigenvalue weighted by Crippen LogP contribution is -2.17. The van der Waals surface area contributed by atoms with Crippen LogP contribution in [-0.2, 0) is 6.54 Å². The number of nitrogens with zero attached hydrogens (tertiary/aromatic N) is 2. The highest BCUT2D eigenvalue weighted by atomic mass is 19.4. The largest absolute Gasteiger partial charge is 0.573 e. The van der Waals surface area contributed by atoms with Gasteiger partial charge in [0.15, 0.2) is 0 Å². The standard InChI is InChI=1S/C17H11F3N2O/c18-17(19,20)23-15-3-1-2-13(9-15)11-22-7-6-14-8-12(10-21)4-5-16(14)22/h1-9H,11H2. The van der Waals surface area contributed by atoms with E-state index in [4.69, 9.17) is 5.26 Å². The second kappa shape index (κ2) is 5.69. The number of aromatic nitrogens is 1. The smallest absolute Gasteiger partial charge is 0.406 e. The quantitative estimate of drug-likeness (QED) is 0.715. The van der Waals surface area contributed by atoms with Crippen LogP contribution in [0.2, 0.25) is 0 Å². The maximum absolute atomic E-state index is 12.3. The zero-order valence-corrected chi connectivity index (χ0v) is 11.8. The highest BCUT2D eigenvalue weighted by Crippen LogP contribution is 2.24. The van der Waals surface area contributed by atoms with Crippen LogP contribution in [0.1, 0.15) is 11.1 Å². The molecule has 3 nitrogen and oxygen atoms in total. The number of rotatable bonds is 3. The highest BCUT2D eigenvalue weighted by molar-refractivity contribution is 5.81. The molecule has 116 valence electrons. The maximum Gasteiger partial charge on any atom is 0.573 e. The van der Waals surface area contributed by atoms with Crippen molar-refractivity contribution >= 4 is 10.9 Å². The van der Waals surface area contributed by atoms with E-state index in [0.717, 1.165) is 10.9 Å². The number of nitriles is 1. The van der Waals surface area contributed by atoms with Gasteiger partial charge in [-0.15, -0.1) is 13.2 Å². The van der Waals surface area contributed by atoms with Crippen LogP contribution in [0.4, 0.5) is 13.2 Å². The second-order valence-electron chi connectivity index (χ2n) is 5.02. The summed E-state index contributed by atoms with van der Waals surface area (Å²) in [4.78, 5) is 0. The molecule has 3 aromatic rings. The predicted octanol–water partition coefficient (Wildman–Crippen LogP) is 4.46. The van der Waals surface area contributed by atoms with Crippen LogP contribution in [0.25, 0.3) is 10.9 Å². The number of hydrogen-bond acceptors (Lipinski definition) is 2. The molecule has 0 spiro atoms. The minimum atomic E-state index is -4.70. The van der Waals surface area contributed by atoms with Gasteiger partial charge < -0.3 is 9.30 Å². The lowest BCUT2D eigenvalue weighted by molar-refractivity contribution is -0.274. The molecule has 0 aliphatic rings. The summed E-state index contributed by atoms with van der Waals surface area (Å²) in [5.41, 5.74) is 2.16. The minimum Gasteiger partial charge on any atom is -0.406 e. The van der Waals surface area contributed by atoms with Crippen molar-refractivity contribution in [2.45, 2.75) is 12.9 Å². The van der Waals surface area contributed by atoms with Gasteiger partial charge in [-0.3, -0.25) is 0 Å². The fourth-order valence-electron chi connectivity index (χ4n) is 2.45. The van der Waals surface area contributed by atoms with Crippen LogP contribution in [0.3, 0.4) is 0 Å². The summed E-state index contributed by atoms with van der Waals surface area (Å²) >= 11 is 0.